The van der Waals surface area contributed by atoms with Crippen molar-refractivity contribution in [2.45, 2.75) is 43.9 Å². The van der Waals surface area contributed by atoms with Gasteiger partial charge < -0.3 is 9.16 Å². The standard InChI is InChI=1S/C12H19F3O2Si/c1-10(16-2)6-8-11(9-7-10,12(13,14)15)17-18(3,4)5/h6-9H,1-5H3. The summed E-state index contributed by atoms with van der Waals surface area (Å²) in [5.41, 5.74) is -3.13. The molecule has 0 radical (unpaired) electrons. The highest BCUT2D eigenvalue weighted by Crippen LogP contribution is 2.41. The van der Waals surface area contributed by atoms with E-state index < -0.39 is 25.7 Å². The monoisotopic (exact) mass is 280 g/mol. The van der Waals surface area contributed by atoms with Crippen LogP contribution < -0.4 is 0 Å². The molecule has 0 aromatic rings. The number of methoxy groups -OCH3 is 1. The molecule has 0 aromatic heterocycles. The lowest BCUT2D eigenvalue weighted by Gasteiger charge is -2.39. The summed E-state index contributed by atoms with van der Waals surface area (Å²) < 4.78 is 50.2. The van der Waals surface area contributed by atoms with Gasteiger partial charge in [0.25, 0.3) is 0 Å². The van der Waals surface area contributed by atoms with Crippen LogP contribution in [0.2, 0.25) is 19.6 Å². The van der Waals surface area contributed by atoms with Gasteiger partial charge in [-0.15, -0.1) is 0 Å². The van der Waals surface area contributed by atoms with E-state index in [0.29, 0.717) is 0 Å². The highest BCUT2D eigenvalue weighted by atomic mass is 28.4. The van der Waals surface area contributed by atoms with Crippen molar-refractivity contribution in [3.8, 4) is 0 Å². The number of ether oxygens (including phenoxy) is 1. The highest BCUT2D eigenvalue weighted by Gasteiger charge is 2.55. The summed E-state index contributed by atoms with van der Waals surface area (Å²) in [6, 6.07) is 0. The van der Waals surface area contributed by atoms with Gasteiger partial charge in [0, 0.05) is 7.11 Å². The Morgan fingerprint density at radius 3 is 1.72 bits per heavy atom. The zero-order valence-electron chi connectivity index (χ0n) is 11.3. The van der Waals surface area contributed by atoms with E-state index in [4.69, 9.17) is 9.16 Å². The normalized spacial score (nSPS) is 32.9. The minimum absolute atomic E-state index is 0.808. The molecule has 1 aliphatic rings. The van der Waals surface area contributed by atoms with Crippen molar-refractivity contribution in [3.63, 3.8) is 0 Å². The second-order valence-electron chi connectivity index (χ2n) is 5.56. The lowest BCUT2D eigenvalue weighted by molar-refractivity contribution is -0.215. The third-order valence-corrected chi connectivity index (χ3v) is 3.63. The first-order valence-electron chi connectivity index (χ1n) is 5.66. The second-order valence-corrected chi connectivity index (χ2v) is 9.99. The molecule has 0 saturated heterocycles. The highest BCUT2D eigenvalue weighted by molar-refractivity contribution is 6.69. The van der Waals surface area contributed by atoms with Crippen LogP contribution in [0.4, 0.5) is 13.2 Å². The molecular formula is C12H19F3O2Si. The molecule has 1 aliphatic carbocycles. The first-order valence-corrected chi connectivity index (χ1v) is 9.07. The Balaban J connectivity index is 3.13. The van der Waals surface area contributed by atoms with Crippen LogP contribution in [-0.2, 0) is 9.16 Å². The van der Waals surface area contributed by atoms with Gasteiger partial charge >= 0.3 is 6.18 Å². The van der Waals surface area contributed by atoms with E-state index in [-0.39, 0.29) is 0 Å². The summed E-state index contributed by atoms with van der Waals surface area (Å²) in [4.78, 5) is 0. The Morgan fingerprint density at radius 2 is 1.44 bits per heavy atom. The Bertz CT molecular complexity index is 352. The predicted octanol–water partition coefficient (Wildman–Crippen LogP) is 3.67. The van der Waals surface area contributed by atoms with Crippen LogP contribution in [0.15, 0.2) is 24.3 Å². The van der Waals surface area contributed by atoms with Gasteiger partial charge in [0.1, 0.15) is 5.60 Å². The molecule has 0 unspecified atom stereocenters. The summed E-state index contributed by atoms with van der Waals surface area (Å²) in [5.74, 6) is 0. The van der Waals surface area contributed by atoms with Crippen LogP contribution in [0, 0.1) is 0 Å². The topological polar surface area (TPSA) is 18.5 Å². The zero-order valence-corrected chi connectivity index (χ0v) is 12.3. The van der Waals surface area contributed by atoms with E-state index in [1.807, 2.05) is 0 Å². The maximum Gasteiger partial charge on any atom is 0.423 e. The number of hydrogen-bond acceptors (Lipinski definition) is 2. The maximum absolute atomic E-state index is 13.2. The maximum atomic E-state index is 13.2. The molecule has 1 rings (SSSR count). The van der Waals surface area contributed by atoms with Crippen molar-refractivity contribution in [3.05, 3.63) is 24.3 Å². The quantitative estimate of drug-likeness (QED) is 0.580. The lowest BCUT2D eigenvalue weighted by Crippen LogP contribution is -2.52. The van der Waals surface area contributed by atoms with E-state index in [0.717, 1.165) is 12.2 Å². The van der Waals surface area contributed by atoms with E-state index >= 15 is 0 Å². The molecule has 0 amide bonds. The molecule has 6 heteroatoms. The zero-order chi connectivity index (χ0) is 14.2. The Hall–Kier alpha value is -0.593. The number of alkyl halides is 3. The van der Waals surface area contributed by atoms with E-state index in [1.54, 1.807) is 26.6 Å². The molecule has 104 valence electrons. The molecule has 18 heavy (non-hydrogen) atoms. The van der Waals surface area contributed by atoms with Crippen molar-refractivity contribution in [1.82, 2.24) is 0 Å². The van der Waals surface area contributed by atoms with Gasteiger partial charge in [-0.05, 0) is 50.9 Å². The van der Waals surface area contributed by atoms with Gasteiger partial charge in [0.05, 0.1) is 0 Å². The number of rotatable bonds is 3. The van der Waals surface area contributed by atoms with Crippen LogP contribution in [0.5, 0.6) is 0 Å². The summed E-state index contributed by atoms with van der Waals surface area (Å²) in [7, 11) is -0.894. The van der Waals surface area contributed by atoms with Gasteiger partial charge in [0.15, 0.2) is 13.9 Å². The Kier molecular flexibility index (Phi) is 3.87. The van der Waals surface area contributed by atoms with Crippen molar-refractivity contribution in [2.75, 3.05) is 7.11 Å². The predicted molar refractivity (Wildman–Crippen MR) is 66.9 cm³/mol. The molecule has 0 N–H and O–H groups in total. The van der Waals surface area contributed by atoms with E-state index in [2.05, 4.69) is 0 Å². The van der Waals surface area contributed by atoms with Crippen LogP contribution >= 0.6 is 0 Å². The van der Waals surface area contributed by atoms with E-state index in [1.165, 1.54) is 19.3 Å². The molecular weight excluding hydrogens is 261 g/mol. The molecule has 0 fully saturated rings. The first kappa shape index (κ1) is 15.5. The molecule has 2 nitrogen and oxygen atoms in total. The molecule has 0 atom stereocenters. The Morgan fingerprint density at radius 1 is 1.00 bits per heavy atom. The summed E-state index contributed by atoms with van der Waals surface area (Å²) >= 11 is 0. The summed E-state index contributed by atoms with van der Waals surface area (Å²) in [6.07, 6.45) is 0.403. The van der Waals surface area contributed by atoms with Gasteiger partial charge in [-0.2, -0.15) is 13.2 Å². The van der Waals surface area contributed by atoms with Crippen molar-refractivity contribution in [1.29, 1.82) is 0 Å². The molecule has 0 saturated carbocycles. The fourth-order valence-electron chi connectivity index (χ4n) is 1.65. The van der Waals surface area contributed by atoms with Gasteiger partial charge in [0.2, 0.25) is 0 Å². The molecule has 0 heterocycles. The van der Waals surface area contributed by atoms with Crippen LogP contribution in [0.1, 0.15) is 6.92 Å². The number of hydrogen-bond donors (Lipinski definition) is 0. The fourth-order valence-corrected chi connectivity index (χ4v) is 2.91. The average Bonchev–Trinajstić information content (AvgIpc) is 2.18. The van der Waals surface area contributed by atoms with Gasteiger partial charge in [-0.1, -0.05) is 0 Å². The second kappa shape index (κ2) is 4.50. The summed E-state index contributed by atoms with van der Waals surface area (Å²) in [5, 5.41) is 0. The lowest BCUT2D eigenvalue weighted by atomic mass is 9.90. The van der Waals surface area contributed by atoms with Gasteiger partial charge in [-0.3, -0.25) is 0 Å². The third kappa shape index (κ3) is 3.24. The fraction of sp³-hybridized carbons (Fsp3) is 0.667. The minimum Gasteiger partial charge on any atom is -0.398 e. The molecule has 0 bridgehead atoms. The third-order valence-electron chi connectivity index (χ3n) is 2.68. The van der Waals surface area contributed by atoms with Crippen LogP contribution in [0.3, 0.4) is 0 Å². The summed E-state index contributed by atoms with van der Waals surface area (Å²) in [6.45, 7) is 6.87. The number of halogens is 3. The molecule has 0 aromatic carbocycles. The first-order chi connectivity index (χ1) is 7.93. The average molecular weight is 280 g/mol. The van der Waals surface area contributed by atoms with Crippen molar-refractivity contribution >= 4 is 8.32 Å². The molecule has 0 aliphatic heterocycles. The Labute approximate surface area is 107 Å². The minimum atomic E-state index is -4.48. The van der Waals surface area contributed by atoms with Gasteiger partial charge in [-0.25, -0.2) is 0 Å². The largest absolute Gasteiger partial charge is 0.423 e. The van der Waals surface area contributed by atoms with Crippen molar-refractivity contribution < 1.29 is 22.3 Å². The smallest absolute Gasteiger partial charge is 0.398 e. The van der Waals surface area contributed by atoms with Crippen LogP contribution in [-0.4, -0.2) is 32.8 Å². The van der Waals surface area contributed by atoms with Crippen molar-refractivity contribution in [2.24, 2.45) is 0 Å². The SMILES string of the molecule is COC1(C)C=CC(O[Si](C)(C)C)(C(F)(F)F)C=C1. The van der Waals surface area contributed by atoms with Crippen LogP contribution in [0.25, 0.3) is 0 Å². The van der Waals surface area contributed by atoms with E-state index in [9.17, 15) is 13.2 Å². The molecule has 0 spiro atoms.